The molecule has 4 rings (SSSR count). The van der Waals surface area contributed by atoms with Gasteiger partial charge in [-0.2, -0.15) is 0 Å². The molecule has 7 heteroatoms. The molecule has 1 aromatic heterocycles. The molecule has 2 amide bonds. The third kappa shape index (κ3) is 4.30. The molecule has 0 fully saturated rings. The lowest BCUT2D eigenvalue weighted by atomic mass is 10.1. The number of amides is 2. The number of nitrogens with zero attached hydrogens (tertiary/aromatic N) is 2. The zero-order valence-electron chi connectivity index (χ0n) is 16.1. The van der Waals surface area contributed by atoms with Gasteiger partial charge in [-0.25, -0.2) is 4.98 Å². The summed E-state index contributed by atoms with van der Waals surface area (Å²) in [5, 5.41) is 5.93. The Kier molecular flexibility index (Phi) is 5.57. The van der Waals surface area contributed by atoms with Crippen molar-refractivity contribution in [1.82, 2.24) is 4.98 Å². The second-order valence-electron chi connectivity index (χ2n) is 6.74. The van der Waals surface area contributed by atoms with E-state index in [4.69, 9.17) is 4.74 Å². The first kappa shape index (κ1) is 19.1. The quantitative estimate of drug-likeness (QED) is 0.667. The summed E-state index contributed by atoms with van der Waals surface area (Å²) in [6, 6.07) is 14.8. The summed E-state index contributed by atoms with van der Waals surface area (Å²) in [6.45, 7) is 1.97. The third-order valence-corrected chi connectivity index (χ3v) is 5.48. The van der Waals surface area contributed by atoms with Crippen LogP contribution in [-0.4, -0.2) is 29.9 Å². The topological polar surface area (TPSA) is 71.5 Å². The van der Waals surface area contributed by atoms with Gasteiger partial charge < -0.3 is 10.1 Å². The van der Waals surface area contributed by atoms with Crippen molar-refractivity contribution < 1.29 is 14.3 Å². The van der Waals surface area contributed by atoms with Gasteiger partial charge in [0.15, 0.2) is 6.61 Å². The SMILES string of the molecule is CCCc1nc(-c2ccc3c(c2)N(CC(=O)Nc2ccccc2)C(=O)CO3)cs1. The van der Waals surface area contributed by atoms with Crippen molar-refractivity contribution in [3.05, 3.63) is 58.9 Å². The van der Waals surface area contributed by atoms with Gasteiger partial charge in [-0.3, -0.25) is 14.5 Å². The number of rotatable bonds is 6. The molecule has 148 valence electrons. The van der Waals surface area contributed by atoms with Crippen LogP contribution < -0.4 is 15.0 Å². The van der Waals surface area contributed by atoms with Crippen LogP contribution in [0.15, 0.2) is 53.9 Å². The number of aryl methyl sites for hydroxylation is 1. The maximum Gasteiger partial charge on any atom is 0.265 e. The van der Waals surface area contributed by atoms with Crippen molar-refractivity contribution in [3.63, 3.8) is 0 Å². The maximum atomic E-state index is 12.5. The van der Waals surface area contributed by atoms with Crippen molar-refractivity contribution in [3.8, 4) is 17.0 Å². The van der Waals surface area contributed by atoms with Crippen molar-refractivity contribution in [2.24, 2.45) is 0 Å². The average Bonchev–Trinajstić information content (AvgIpc) is 3.19. The Balaban J connectivity index is 1.58. The Labute approximate surface area is 173 Å². The largest absolute Gasteiger partial charge is 0.482 e. The van der Waals surface area contributed by atoms with Gasteiger partial charge in [0.05, 0.1) is 16.4 Å². The number of carbonyl (C=O) groups is 2. The molecule has 29 heavy (non-hydrogen) atoms. The Bertz CT molecular complexity index is 1030. The second-order valence-corrected chi connectivity index (χ2v) is 7.68. The van der Waals surface area contributed by atoms with E-state index in [9.17, 15) is 9.59 Å². The van der Waals surface area contributed by atoms with E-state index < -0.39 is 0 Å². The lowest BCUT2D eigenvalue weighted by molar-refractivity contribution is -0.123. The molecule has 2 aromatic carbocycles. The summed E-state index contributed by atoms with van der Waals surface area (Å²) in [4.78, 5) is 31.1. The summed E-state index contributed by atoms with van der Waals surface area (Å²) < 4.78 is 5.56. The Morgan fingerprint density at radius 2 is 2.07 bits per heavy atom. The summed E-state index contributed by atoms with van der Waals surface area (Å²) in [5.41, 5.74) is 3.05. The zero-order chi connectivity index (χ0) is 20.2. The van der Waals surface area contributed by atoms with Gasteiger partial charge in [-0.05, 0) is 43.2 Å². The Hall–Kier alpha value is -3.19. The van der Waals surface area contributed by atoms with Gasteiger partial charge in [0, 0.05) is 16.6 Å². The molecular weight excluding hydrogens is 386 g/mol. The number of aromatic nitrogens is 1. The molecule has 1 aliphatic heterocycles. The first-order chi connectivity index (χ1) is 14.1. The van der Waals surface area contributed by atoms with Crippen molar-refractivity contribution >= 4 is 34.5 Å². The molecule has 0 saturated carbocycles. The number of benzene rings is 2. The van der Waals surface area contributed by atoms with Gasteiger partial charge in [-0.1, -0.05) is 25.1 Å². The first-order valence-corrected chi connectivity index (χ1v) is 10.4. The number of thiazole rings is 1. The van der Waals surface area contributed by atoms with E-state index in [1.165, 1.54) is 4.90 Å². The molecule has 2 heterocycles. The normalized spacial score (nSPS) is 13.0. The predicted octanol–water partition coefficient (Wildman–Crippen LogP) is 4.13. The molecule has 6 nitrogen and oxygen atoms in total. The number of hydrogen-bond donors (Lipinski definition) is 1. The molecule has 0 bridgehead atoms. The molecule has 1 aliphatic rings. The highest BCUT2D eigenvalue weighted by Gasteiger charge is 2.28. The van der Waals surface area contributed by atoms with Crippen LogP contribution in [0.5, 0.6) is 5.75 Å². The third-order valence-electron chi connectivity index (χ3n) is 4.57. The Morgan fingerprint density at radius 1 is 1.24 bits per heavy atom. The maximum absolute atomic E-state index is 12.5. The van der Waals surface area contributed by atoms with Crippen LogP contribution in [0.1, 0.15) is 18.4 Å². The fraction of sp³-hybridized carbons (Fsp3) is 0.227. The van der Waals surface area contributed by atoms with Crippen LogP contribution in [0.3, 0.4) is 0 Å². The van der Waals surface area contributed by atoms with Gasteiger partial charge in [0.2, 0.25) is 5.91 Å². The molecule has 0 atom stereocenters. The van der Waals surface area contributed by atoms with Crippen LogP contribution in [0.4, 0.5) is 11.4 Å². The van der Waals surface area contributed by atoms with Crippen molar-refractivity contribution in [2.75, 3.05) is 23.4 Å². The van der Waals surface area contributed by atoms with Crippen LogP contribution in [0.2, 0.25) is 0 Å². The number of ether oxygens (including phenoxy) is 1. The summed E-state index contributed by atoms with van der Waals surface area (Å²) in [6.07, 6.45) is 1.99. The molecule has 0 aliphatic carbocycles. The highest BCUT2D eigenvalue weighted by atomic mass is 32.1. The summed E-state index contributed by atoms with van der Waals surface area (Å²) in [7, 11) is 0. The molecule has 0 radical (unpaired) electrons. The highest BCUT2D eigenvalue weighted by molar-refractivity contribution is 7.09. The fourth-order valence-corrected chi connectivity index (χ4v) is 4.08. The average molecular weight is 407 g/mol. The number of carbonyl (C=O) groups excluding carboxylic acids is 2. The molecule has 0 unspecified atom stereocenters. The Morgan fingerprint density at radius 3 is 2.86 bits per heavy atom. The van der Waals surface area contributed by atoms with E-state index in [-0.39, 0.29) is 25.0 Å². The van der Waals surface area contributed by atoms with Crippen molar-refractivity contribution in [2.45, 2.75) is 19.8 Å². The standard InChI is InChI=1S/C22H21N3O3S/c1-2-6-21-24-17(14-29-21)15-9-10-19-18(11-15)25(22(27)13-28-19)12-20(26)23-16-7-4-3-5-8-16/h3-5,7-11,14H,2,6,12-13H2,1H3,(H,23,26). The van der Waals surface area contributed by atoms with Gasteiger partial charge in [0.1, 0.15) is 12.3 Å². The van der Waals surface area contributed by atoms with E-state index in [2.05, 4.69) is 17.2 Å². The van der Waals surface area contributed by atoms with Gasteiger partial charge in [-0.15, -0.1) is 11.3 Å². The molecular formula is C22H21N3O3S. The van der Waals surface area contributed by atoms with E-state index in [1.807, 2.05) is 41.8 Å². The predicted molar refractivity (Wildman–Crippen MR) is 114 cm³/mol. The van der Waals surface area contributed by atoms with E-state index in [1.54, 1.807) is 23.5 Å². The van der Waals surface area contributed by atoms with Crippen LogP contribution in [0, 0.1) is 0 Å². The number of nitrogens with one attached hydrogen (secondary N) is 1. The minimum atomic E-state index is -0.262. The van der Waals surface area contributed by atoms with Crippen LogP contribution in [0.25, 0.3) is 11.3 Å². The molecule has 0 spiro atoms. The zero-order valence-corrected chi connectivity index (χ0v) is 16.9. The highest BCUT2D eigenvalue weighted by Crippen LogP contribution is 2.36. The summed E-state index contributed by atoms with van der Waals surface area (Å²) in [5.74, 6) is 0.0781. The van der Waals surface area contributed by atoms with E-state index in [0.29, 0.717) is 17.1 Å². The minimum Gasteiger partial charge on any atom is -0.482 e. The second kappa shape index (κ2) is 8.45. The minimum absolute atomic E-state index is 0.0777. The monoisotopic (exact) mass is 407 g/mol. The lowest BCUT2D eigenvalue weighted by Gasteiger charge is -2.29. The van der Waals surface area contributed by atoms with Gasteiger partial charge >= 0.3 is 0 Å². The molecule has 0 saturated heterocycles. The number of fused-ring (bicyclic) bond motifs is 1. The van der Waals surface area contributed by atoms with Gasteiger partial charge in [0.25, 0.3) is 5.91 Å². The summed E-state index contributed by atoms with van der Waals surface area (Å²) >= 11 is 1.63. The van der Waals surface area contributed by atoms with Crippen LogP contribution >= 0.6 is 11.3 Å². The number of para-hydroxylation sites is 1. The molecule has 1 N–H and O–H groups in total. The number of hydrogen-bond acceptors (Lipinski definition) is 5. The molecule has 3 aromatic rings. The fourth-order valence-electron chi connectivity index (χ4n) is 3.17. The number of anilines is 2. The first-order valence-electron chi connectivity index (χ1n) is 9.51. The van der Waals surface area contributed by atoms with Crippen LogP contribution in [-0.2, 0) is 16.0 Å². The lowest BCUT2D eigenvalue weighted by Crippen LogP contribution is -2.43. The van der Waals surface area contributed by atoms with E-state index >= 15 is 0 Å². The van der Waals surface area contributed by atoms with E-state index in [0.717, 1.165) is 29.1 Å². The smallest absolute Gasteiger partial charge is 0.265 e. The van der Waals surface area contributed by atoms with Crippen molar-refractivity contribution in [1.29, 1.82) is 0 Å².